The number of carbonyl (C=O) groups excluding carboxylic acids is 2. The van der Waals surface area contributed by atoms with Crippen LogP contribution in [0.4, 0.5) is 14.9 Å². The fraction of sp³-hybridized carbons (Fsp3) is 0.263. The molecule has 2 N–H and O–H groups in total. The number of hydrogen-bond donors (Lipinski definition) is 2. The van der Waals surface area contributed by atoms with Crippen LogP contribution < -0.4 is 10.6 Å². The van der Waals surface area contributed by atoms with E-state index in [1.54, 1.807) is 4.90 Å². The minimum atomic E-state index is -0.360. The Morgan fingerprint density at radius 2 is 1.76 bits per heavy atom. The lowest BCUT2D eigenvalue weighted by atomic mass is 10.1. The van der Waals surface area contributed by atoms with Gasteiger partial charge in [0, 0.05) is 30.4 Å². The Morgan fingerprint density at radius 1 is 1.08 bits per heavy atom. The van der Waals surface area contributed by atoms with Gasteiger partial charge in [0.25, 0.3) is 5.91 Å². The van der Waals surface area contributed by atoms with Crippen molar-refractivity contribution in [1.82, 2.24) is 10.2 Å². The van der Waals surface area contributed by atoms with Gasteiger partial charge in [-0.3, -0.25) is 4.79 Å². The van der Waals surface area contributed by atoms with Crippen LogP contribution >= 0.6 is 0 Å². The largest absolute Gasteiger partial charge is 0.337 e. The highest BCUT2D eigenvalue weighted by Crippen LogP contribution is 2.15. The Kier molecular flexibility index (Phi) is 4.97. The van der Waals surface area contributed by atoms with Crippen molar-refractivity contribution in [3.63, 3.8) is 0 Å². The number of halogens is 1. The van der Waals surface area contributed by atoms with Crippen LogP contribution in [0.5, 0.6) is 0 Å². The van der Waals surface area contributed by atoms with E-state index >= 15 is 0 Å². The van der Waals surface area contributed by atoms with Gasteiger partial charge in [0.1, 0.15) is 5.82 Å². The van der Waals surface area contributed by atoms with Crippen LogP contribution in [-0.2, 0) is 0 Å². The van der Waals surface area contributed by atoms with Crippen molar-refractivity contribution in [1.29, 1.82) is 0 Å². The second-order valence-electron chi connectivity index (χ2n) is 6.21. The van der Waals surface area contributed by atoms with E-state index in [9.17, 15) is 14.0 Å². The number of amides is 3. The summed E-state index contributed by atoms with van der Waals surface area (Å²) in [7, 11) is 0. The fourth-order valence-corrected chi connectivity index (χ4v) is 2.83. The molecule has 2 aromatic rings. The molecule has 0 spiro atoms. The van der Waals surface area contributed by atoms with Gasteiger partial charge in [-0.25, -0.2) is 9.18 Å². The first-order valence-corrected chi connectivity index (χ1v) is 8.20. The van der Waals surface area contributed by atoms with Crippen molar-refractivity contribution < 1.29 is 14.0 Å². The van der Waals surface area contributed by atoms with Crippen LogP contribution in [0.25, 0.3) is 0 Å². The molecule has 2 aromatic carbocycles. The number of hydrogen-bond acceptors (Lipinski definition) is 2. The zero-order chi connectivity index (χ0) is 17.8. The SMILES string of the molecule is Cc1ccc(C(=O)N2CCC(NC(=O)Nc3ccc(F)cc3)C2)cc1. The monoisotopic (exact) mass is 341 g/mol. The van der Waals surface area contributed by atoms with Crippen LogP contribution in [0.2, 0.25) is 0 Å². The summed E-state index contributed by atoms with van der Waals surface area (Å²) in [5.74, 6) is -0.379. The van der Waals surface area contributed by atoms with Crippen molar-refractivity contribution in [2.45, 2.75) is 19.4 Å². The number of nitrogens with one attached hydrogen (secondary N) is 2. The number of benzene rings is 2. The maximum Gasteiger partial charge on any atom is 0.319 e. The topological polar surface area (TPSA) is 61.4 Å². The number of carbonyl (C=O) groups is 2. The van der Waals surface area contributed by atoms with E-state index in [1.165, 1.54) is 24.3 Å². The molecule has 0 radical (unpaired) electrons. The predicted octanol–water partition coefficient (Wildman–Crippen LogP) is 3.17. The van der Waals surface area contributed by atoms with Gasteiger partial charge in [0.15, 0.2) is 0 Å². The third-order valence-corrected chi connectivity index (χ3v) is 4.21. The van der Waals surface area contributed by atoms with E-state index in [2.05, 4.69) is 10.6 Å². The zero-order valence-corrected chi connectivity index (χ0v) is 14.0. The van der Waals surface area contributed by atoms with Gasteiger partial charge < -0.3 is 15.5 Å². The zero-order valence-electron chi connectivity index (χ0n) is 14.0. The molecule has 1 fully saturated rings. The Balaban J connectivity index is 1.52. The number of anilines is 1. The van der Waals surface area contributed by atoms with Crippen LogP contribution in [0.3, 0.4) is 0 Å². The summed E-state index contributed by atoms with van der Waals surface area (Å²) >= 11 is 0. The molecule has 1 heterocycles. The maximum atomic E-state index is 12.9. The molecule has 3 amide bonds. The third-order valence-electron chi connectivity index (χ3n) is 4.21. The molecule has 25 heavy (non-hydrogen) atoms. The highest BCUT2D eigenvalue weighted by molar-refractivity contribution is 5.94. The van der Waals surface area contributed by atoms with E-state index in [4.69, 9.17) is 0 Å². The van der Waals surface area contributed by atoms with E-state index < -0.39 is 0 Å². The summed E-state index contributed by atoms with van der Waals surface area (Å²) in [6.07, 6.45) is 0.703. The molecule has 1 aliphatic rings. The van der Waals surface area contributed by atoms with Gasteiger partial charge in [0.2, 0.25) is 0 Å². The molecule has 3 rings (SSSR count). The molecule has 1 aliphatic heterocycles. The summed E-state index contributed by atoms with van der Waals surface area (Å²) in [4.78, 5) is 26.2. The highest BCUT2D eigenvalue weighted by Gasteiger charge is 2.27. The Labute approximate surface area is 145 Å². The average Bonchev–Trinajstić information content (AvgIpc) is 3.05. The number of urea groups is 1. The summed E-state index contributed by atoms with van der Waals surface area (Å²) in [6, 6.07) is 12.6. The van der Waals surface area contributed by atoms with Crippen LogP contribution in [-0.4, -0.2) is 36.0 Å². The normalized spacial score (nSPS) is 16.6. The molecule has 0 saturated carbocycles. The van der Waals surface area contributed by atoms with Crippen molar-refractivity contribution in [3.05, 3.63) is 65.5 Å². The highest BCUT2D eigenvalue weighted by atomic mass is 19.1. The van der Waals surface area contributed by atoms with Crippen molar-refractivity contribution >= 4 is 17.6 Å². The van der Waals surface area contributed by atoms with Crippen LogP contribution in [0, 0.1) is 12.7 Å². The fourth-order valence-electron chi connectivity index (χ4n) is 2.83. The van der Waals surface area contributed by atoms with Gasteiger partial charge in [-0.1, -0.05) is 17.7 Å². The predicted molar refractivity (Wildman–Crippen MR) is 94.0 cm³/mol. The first-order valence-electron chi connectivity index (χ1n) is 8.20. The Bertz CT molecular complexity index is 759. The number of likely N-dealkylation sites (tertiary alicyclic amines) is 1. The first kappa shape index (κ1) is 17.0. The van der Waals surface area contributed by atoms with Crippen LogP contribution in [0.15, 0.2) is 48.5 Å². The van der Waals surface area contributed by atoms with Crippen molar-refractivity contribution in [3.8, 4) is 0 Å². The van der Waals surface area contributed by atoms with Crippen LogP contribution in [0.1, 0.15) is 22.3 Å². The number of aryl methyl sites for hydroxylation is 1. The summed E-state index contributed by atoms with van der Waals surface area (Å²) in [5.41, 5.74) is 2.28. The summed E-state index contributed by atoms with van der Waals surface area (Å²) < 4.78 is 12.9. The molecule has 1 atom stereocenters. The molecule has 0 aliphatic carbocycles. The smallest absolute Gasteiger partial charge is 0.319 e. The molecule has 130 valence electrons. The lowest BCUT2D eigenvalue weighted by Gasteiger charge is -2.17. The molecule has 6 heteroatoms. The molecule has 0 bridgehead atoms. The van der Waals surface area contributed by atoms with E-state index in [0.717, 1.165) is 5.56 Å². The van der Waals surface area contributed by atoms with E-state index in [-0.39, 0.29) is 23.8 Å². The number of rotatable bonds is 3. The Hall–Kier alpha value is -2.89. The molecular weight excluding hydrogens is 321 g/mol. The summed E-state index contributed by atoms with van der Waals surface area (Å²) in [5, 5.41) is 5.51. The first-order chi connectivity index (χ1) is 12.0. The second-order valence-corrected chi connectivity index (χ2v) is 6.21. The molecule has 5 nitrogen and oxygen atoms in total. The minimum Gasteiger partial charge on any atom is -0.337 e. The minimum absolute atomic E-state index is 0.0248. The van der Waals surface area contributed by atoms with Gasteiger partial charge in [-0.15, -0.1) is 0 Å². The Morgan fingerprint density at radius 3 is 2.44 bits per heavy atom. The molecule has 1 saturated heterocycles. The standard InChI is InChI=1S/C19H20FN3O2/c1-13-2-4-14(5-3-13)18(24)23-11-10-17(12-23)22-19(25)21-16-8-6-15(20)7-9-16/h2-9,17H,10-12H2,1H3,(H2,21,22,25). The lowest BCUT2D eigenvalue weighted by molar-refractivity contribution is 0.0789. The summed E-state index contributed by atoms with van der Waals surface area (Å²) in [6.45, 7) is 3.06. The molecule has 0 aromatic heterocycles. The van der Waals surface area contributed by atoms with Gasteiger partial charge in [0.05, 0.1) is 0 Å². The second kappa shape index (κ2) is 7.34. The third kappa shape index (κ3) is 4.35. The lowest BCUT2D eigenvalue weighted by Crippen LogP contribution is -2.40. The number of nitrogens with zero attached hydrogens (tertiary/aromatic N) is 1. The van der Waals surface area contributed by atoms with Crippen molar-refractivity contribution in [2.75, 3.05) is 18.4 Å². The quantitative estimate of drug-likeness (QED) is 0.901. The maximum absolute atomic E-state index is 12.9. The van der Waals surface area contributed by atoms with E-state index in [0.29, 0.717) is 30.8 Å². The van der Waals surface area contributed by atoms with E-state index in [1.807, 2.05) is 31.2 Å². The molecule has 1 unspecified atom stereocenters. The van der Waals surface area contributed by atoms with Crippen molar-refractivity contribution in [2.24, 2.45) is 0 Å². The average molecular weight is 341 g/mol. The van der Waals surface area contributed by atoms with Gasteiger partial charge in [-0.2, -0.15) is 0 Å². The van der Waals surface area contributed by atoms with Gasteiger partial charge >= 0.3 is 6.03 Å². The van der Waals surface area contributed by atoms with Gasteiger partial charge in [-0.05, 0) is 49.7 Å². The molecular formula is C19H20FN3O2.